The van der Waals surface area contributed by atoms with Crippen LogP contribution >= 0.6 is 0 Å². The Morgan fingerprint density at radius 2 is 2.09 bits per heavy atom. The van der Waals surface area contributed by atoms with E-state index in [1.165, 1.54) is 12.5 Å². The smallest absolute Gasteiger partial charge is 0.257 e. The second-order valence-corrected chi connectivity index (χ2v) is 6.23. The molecule has 1 aliphatic heterocycles. The Balaban J connectivity index is 1.39. The van der Waals surface area contributed by atoms with E-state index in [1.807, 2.05) is 17.6 Å². The van der Waals surface area contributed by atoms with Crippen molar-refractivity contribution in [3.8, 4) is 5.75 Å². The highest BCUT2D eigenvalue weighted by Crippen LogP contribution is 2.35. The van der Waals surface area contributed by atoms with E-state index in [2.05, 4.69) is 0 Å². The molecule has 2 aromatic rings. The molecule has 6 heteroatoms. The van der Waals surface area contributed by atoms with Gasteiger partial charge in [-0.05, 0) is 31.9 Å². The molecule has 0 unspecified atom stereocenters. The molecule has 1 saturated carbocycles. The molecule has 0 aromatic carbocycles. The highest BCUT2D eigenvalue weighted by Gasteiger charge is 2.33. The number of aryl methyl sites for hydroxylation is 1. The Kier molecular flexibility index (Phi) is 3.25. The number of carbonyl (C=O) groups excluding carboxylic acids is 1. The summed E-state index contributed by atoms with van der Waals surface area (Å²) >= 11 is 0. The van der Waals surface area contributed by atoms with E-state index in [-0.39, 0.29) is 17.6 Å². The highest BCUT2D eigenvalue weighted by atomic mass is 16.5. The quantitative estimate of drug-likeness (QED) is 0.865. The maximum absolute atomic E-state index is 12.2. The molecule has 4 rings (SSSR count). The number of ether oxygens (including phenoxy) is 1. The summed E-state index contributed by atoms with van der Waals surface area (Å²) in [6.07, 6.45) is 5.01. The lowest BCUT2D eigenvalue weighted by atomic mass is 10.1. The first-order valence-electron chi connectivity index (χ1n) is 7.83. The molecule has 1 amide bonds. The standard InChI is InChI=1S/C17H18N2O4/c1-11-6-14(7-16(20)19(11)13-2-3-13)23-15-8-18(9-15)17(21)12-4-5-22-10-12/h4-7,10,13,15H,2-3,8-9H2,1H3. The summed E-state index contributed by atoms with van der Waals surface area (Å²) in [7, 11) is 0. The summed E-state index contributed by atoms with van der Waals surface area (Å²) in [5.74, 6) is 0.531. The van der Waals surface area contributed by atoms with E-state index in [1.54, 1.807) is 17.0 Å². The lowest BCUT2D eigenvalue weighted by Crippen LogP contribution is -2.56. The van der Waals surface area contributed by atoms with E-state index in [0.29, 0.717) is 30.4 Å². The topological polar surface area (TPSA) is 64.7 Å². The molecule has 120 valence electrons. The second-order valence-electron chi connectivity index (χ2n) is 6.23. The van der Waals surface area contributed by atoms with Gasteiger partial charge in [-0.3, -0.25) is 9.59 Å². The summed E-state index contributed by atoms with van der Waals surface area (Å²) in [6.45, 7) is 2.98. The first kappa shape index (κ1) is 14.1. The van der Waals surface area contributed by atoms with Gasteiger partial charge in [0.15, 0.2) is 0 Å². The zero-order valence-corrected chi connectivity index (χ0v) is 12.9. The normalized spacial score (nSPS) is 17.9. The van der Waals surface area contributed by atoms with Gasteiger partial charge < -0.3 is 18.6 Å². The Morgan fingerprint density at radius 3 is 2.70 bits per heavy atom. The van der Waals surface area contributed by atoms with Gasteiger partial charge >= 0.3 is 0 Å². The molecular weight excluding hydrogens is 296 g/mol. The van der Waals surface area contributed by atoms with E-state index < -0.39 is 0 Å². The zero-order chi connectivity index (χ0) is 16.0. The SMILES string of the molecule is Cc1cc(OC2CN(C(=O)c3ccoc3)C2)cc(=O)n1C1CC1. The zero-order valence-electron chi connectivity index (χ0n) is 12.9. The number of rotatable bonds is 4. The van der Waals surface area contributed by atoms with Gasteiger partial charge in [-0.15, -0.1) is 0 Å². The van der Waals surface area contributed by atoms with Gasteiger partial charge in [0.05, 0.1) is 24.9 Å². The highest BCUT2D eigenvalue weighted by molar-refractivity contribution is 5.94. The predicted octanol–water partition coefficient (Wildman–Crippen LogP) is 1.99. The van der Waals surface area contributed by atoms with Crippen molar-refractivity contribution in [3.05, 3.63) is 52.3 Å². The number of pyridine rings is 1. The molecule has 0 N–H and O–H groups in total. The molecule has 2 aliphatic rings. The van der Waals surface area contributed by atoms with Crippen LogP contribution in [0.15, 0.2) is 39.9 Å². The van der Waals surface area contributed by atoms with Gasteiger partial charge in [0.2, 0.25) is 0 Å². The molecular formula is C17H18N2O4. The van der Waals surface area contributed by atoms with Crippen molar-refractivity contribution < 1.29 is 13.9 Å². The minimum atomic E-state index is -0.0681. The first-order valence-corrected chi connectivity index (χ1v) is 7.83. The largest absolute Gasteiger partial charge is 0.486 e. The molecule has 2 fully saturated rings. The minimum Gasteiger partial charge on any atom is -0.486 e. The van der Waals surface area contributed by atoms with Crippen LogP contribution in [0.2, 0.25) is 0 Å². The molecule has 0 bridgehead atoms. The molecule has 23 heavy (non-hydrogen) atoms. The average Bonchev–Trinajstić information content (AvgIpc) is 3.13. The molecule has 1 aliphatic carbocycles. The number of likely N-dealkylation sites (tertiary alicyclic amines) is 1. The minimum absolute atomic E-state index is 0.00634. The monoisotopic (exact) mass is 314 g/mol. The van der Waals surface area contributed by atoms with Crippen LogP contribution in [0.3, 0.4) is 0 Å². The number of furan rings is 1. The van der Waals surface area contributed by atoms with Gasteiger partial charge in [-0.1, -0.05) is 0 Å². The second kappa shape index (κ2) is 5.30. The summed E-state index contributed by atoms with van der Waals surface area (Å²) in [5.41, 5.74) is 1.47. The van der Waals surface area contributed by atoms with Crippen molar-refractivity contribution in [1.29, 1.82) is 0 Å². The molecule has 0 atom stereocenters. The van der Waals surface area contributed by atoms with Gasteiger partial charge in [-0.2, -0.15) is 0 Å². The molecule has 6 nitrogen and oxygen atoms in total. The van der Waals surface area contributed by atoms with Crippen LogP contribution in [0.4, 0.5) is 0 Å². The van der Waals surface area contributed by atoms with Gasteiger partial charge in [0.25, 0.3) is 11.5 Å². The van der Waals surface area contributed by atoms with Crippen LogP contribution in [0, 0.1) is 6.92 Å². The van der Waals surface area contributed by atoms with E-state index in [4.69, 9.17) is 9.15 Å². The maximum atomic E-state index is 12.2. The third-order valence-electron chi connectivity index (χ3n) is 4.35. The third-order valence-corrected chi connectivity index (χ3v) is 4.35. The number of hydrogen-bond donors (Lipinski definition) is 0. The summed E-state index contributed by atoms with van der Waals surface area (Å²) in [4.78, 5) is 25.9. The van der Waals surface area contributed by atoms with Gasteiger partial charge in [0, 0.05) is 17.8 Å². The summed E-state index contributed by atoms with van der Waals surface area (Å²) < 4.78 is 12.6. The maximum Gasteiger partial charge on any atom is 0.257 e. The van der Waals surface area contributed by atoms with Crippen LogP contribution in [0.1, 0.15) is 34.9 Å². The fourth-order valence-electron chi connectivity index (χ4n) is 2.99. The van der Waals surface area contributed by atoms with Crippen molar-refractivity contribution in [3.63, 3.8) is 0 Å². The fourth-order valence-corrected chi connectivity index (χ4v) is 2.99. The van der Waals surface area contributed by atoms with E-state index in [0.717, 1.165) is 18.5 Å². The predicted molar refractivity (Wildman–Crippen MR) is 82.7 cm³/mol. The number of aromatic nitrogens is 1. The van der Waals surface area contributed by atoms with Crippen molar-refractivity contribution >= 4 is 5.91 Å². The molecule has 2 aromatic heterocycles. The molecule has 3 heterocycles. The lowest BCUT2D eigenvalue weighted by molar-refractivity contribution is 0.0176. The van der Waals surface area contributed by atoms with Crippen LogP contribution in [0.25, 0.3) is 0 Å². The van der Waals surface area contributed by atoms with Gasteiger partial charge in [0.1, 0.15) is 18.1 Å². The Labute approximate surface area is 133 Å². The number of nitrogens with zero attached hydrogens (tertiary/aromatic N) is 2. The van der Waals surface area contributed by atoms with Crippen molar-refractivity contribution in [1.82, 2.24) is 9.47 Å². The fraction of sp³-hybridized carbons (Fsp3) is 0.412. The van der Waals surface area contributed by atoms with Crippen molar-refractivity contribution in [2.24, 2.45) is 0 Å². The van der Waals surface area contributed by atoms with Crippen molar-refractivity contribution in [2.45, 2.75) is 31.9 Å². The Hall–Kier alpha value is -2.50. The first-order chi connectivity index (χ1) is 11.1. The van der Waals surface area contributed by atoms with Crippen LogP contribution < -0.4 is 10.3 Å². The average molecular weight is 314 g/mol. The third kappa shape index (κ3) is 2.65. The van der Waals surface area contributed by atoms with Crippen LogP contribution in [-0.4, -0.2) is 34.6 Å². The number of carbonyl (C=O) groups is 1. The van der Waals surface area contributed by atoms with Gasteiger partial charge in [-0.25, -0.2) is 0 Å². The number of amides is 1. The van der Waals surface area contributed by atoms with Crippen molar-refractivity contribution in [2.75, 3.05) is 13.1 Å². The molecule has 0 radical (unpaired) electrons. The van der Waals surface area contributed by atoms with Crippen LogP contribution in [0.5, 0.6) is 5.75 Å². The number of hydrogen-bond acceptors (Lipinski definition) is 4. The van der Waals surface area contributed by atoms with Crippen LogP contribution in [-0.2, 0) is 0 Å². The molecule has 1 saturated heterocycles. The van der Waals surface area contributed by atoms with E-state index >= 15 is 0 Å². The Bertz CT molecular complexity index is 783. The van der Waals surface area contributed by atoms with E-state index in [9.17, 15) is 9.59 Å². The Morgan fingerprint density at radius 1 is 1.30 bits per heavy atom. The molecule has 0 spiro atoms. The summed E-state index contributed by atoms with van der Waals surface area (Å²) in [5, 5.41) is 0. The summed E-state index contributed by atoms with van der Waals surface area (Å²) in [6, 6.07) is 5.46. The lowest BCUT2D eigenvalue weighted by Gasteiger charge is -2.38.